The van der Waals surface area contributed by atoms with Gasteiger partial charge < -0.3 is 0 Å². The van der Waals surface area contributed by atoms with E-state index in [4.69, 9.17) is 11.6 Å². The lowest BCUT2D eigenvalue weighted by molar-refractivity contribution is 0.590. The maximum absolute atomic E-state index is 6.60. The predicted octanol–water partition coefficient (Wildman–Crippen LogP) is 6.38. The van der Waals surface area contributed by atoms with Gasteiger partial charge in [-0.3, -0.25) is 0 Å². The van der Waals surface area contributed by atoms with Crippen LogP contribution in [0.4, 0.5) is 0 Å². The lowest BCUT2D eigenvalue weighted by atomic mass is 9.86. The van der Waals surface area contributed by atoms with Gasteiger partial charge in [0.15, 0.2) is 0 Å². The van der Waals surface area contributed by atoms with Crippen molar-refractivity contribution in [3.8, 4) is 0 Å². The number of hydrogen-bond donors (Lipinski definition) is 0. The minimum Gasteiger partial charge on any atom is -0.113 e. The lowest BCUT2D eigenvalue weighted by Gasteiger charge is -2.20. The van der Waals surface area contributed by atoms with Crippen molar-refractivity contribution >= 4 is 27.5 Å². The Bertz CT molecular complexity index is 594. The fourth-order valence-electron chi connectivity index (χ4n) is 2.11. The average molecular weight is 352 g/mol. The monoisotopic (exact) mass is 350 g/mol. The van der Waals surface area contributed by atoms with E-state index in [0.717, 1.165) is 15.6 Å². The first-order valence-electron chi connectivity index (χ1n) is 6.79. The van der Waals surface area contributed by atoms with Crippen LogP contribution in [0.5, 0.6) is 0 Å². The summed E-state index contributed by atoms with van der Waals surface area (Å²) in [5, 5.41) is -0.110. The predicted molar refractivity (Wildman–Crippen MR) is 91.7 cm³/mol. The highest BCUT2D eigenvalue weighted by Crippen LogP contribution is 2.32. The van der Waals surface area contributed by atoms with Crippen molar-refractivity contribution in [1.29, 1.82) is 0 Å². The summed E-state index contributed by atoms with van der Waals surface area (Å²) in [4.78, 5) is 0. The smallest absolute Gasteiger partial charge is 0.0835 e. The minimum atomic E-state index is -0.110. The molecule has 0 N–H and O–H groups in total. The Morgan fingerprint density at radius 1 is 0.950 bits per heavy atom. The first-order valence-corrected chi connectivity index (χ1v) is 8.02. The largest absolute Gasteiger partial charge is 0.113 e. The van der Waals surface area contributed by atoms with Gasteiger partial charge >= 0.3 is 0 Å². The molecule has 2 rings (SSSR count). The van der Waals surface area contributed by atoms with E-state index < -0.39 is 0 Å². The summed E-state index contributed by atoms with van der Waals surface area (Å²) in [5.74, 6) is 0. The Labute approximate surface area is 135 Å². The van der Waals surface area contributed by atoms with Crippen LogP contribution in [-0.4, -0.2) is 0 Å². The van der Waals surface area contributed by atoms with Crippen molar-refractivity contribution in [2.45, 2.75) is 38.5 Å². The second-order valence-corrected chi connectivity index (χ2v) is 7.53. The molecule has 20 heavy (non-hydrogen) atoms. The highest BCUT2D eigenvalue weighted by Gasteiger charge is 2.16. The van der Waals surface area contributed by atoms with E-state index in [1.165, 1.54) is 11.1 Å². The van der Waals surface area contributed by atoms with Crippen LogP contribution in [0.1, 0.15) is 48.4 Å². The number of rotatable bonds is 2. The molecule has 0 aliphatic rings. The maximum atomic E-state index is 6.60. The SMILES string of the molecule is Cc1ccc(C(Cl)c2ccc(C(C)(C)C)cc2)cc1Br. The van der Waals surface area contributed by atoms with Crippen LogP contribution >= 0.6 is 27.5 Å². The molecule has 106 valence electrons. The van der Waals surface area contributed by atoms with Gasteiger partial charge in [0.2, 0.25) is 0 Å². The van der Waals surface area contributed by atoms with Gasteiger partial charge in [-0.2, -0.15) is 0 Å². The van der Waals surface area contributed by atoms with Crippen LogP contribution in [-0.2, 0) is 5.41 Å². The number of aryl methyl sites for hydroxylation is 1. The van der Waals surface area contributed by atoms with Gasteiger partial charge in [-0.15, -0.1) is 11.6 Å². The molecule has 1 unspecified atom stereocenters. The molecular formula is C18H20BrCl. The Morgan fingerprint density at radius 3 is 2.00 bits per heavy atom. The highest BCUT2D eigenvalue weighted by molar-refractivity contribution is 9.10. The van der Waals surface area contributed by atoms with Crippen molar-refractivity contribution in [2.24, 2.45) is 0 Å². The molecule has 0 amide bonds. The van der Waals surface area contributed by atoms with Crippen molar-refractivity contribution in [1.82, 2.24) is 0 Å². The molecule has 0 spiro atoms. The van der Waals surface area contributed by atoms with Crippen molar-refractivity contribution in [3.05, 3.63) is 69.2 Å². The van der Waals surface area contributed by atoms with Crippen molar-refractivity contribution in [2.75, 3.05) is 0 Å². The molecule has 0 fully saturated rings. The molecule has 0 saturated carbocycles. The number of hydrogen-bond acceptors (Lipinski definition) is 0. The van der Waals surface area contributed by atoms with E-state index in [2.05, 4.69) is 86.1 Å². The molecule has 0 aromatic heterocycles. The zero-order valence-electron chi connectivity index (χ0n) is 12.4. The fraction of sp³-hybridized carbons (Fsp3) is 0.333. The minimum absolute atomic E-state index is 0.110. The molecule has 2 heteroatoms. The molecule has 2 aromatic rings. The summed E-state index contributed by atoms with van der Waals surface area (Å²) in [6, 6.07) is 14.9. The van der Waals surface area contributed by atoms with Crippen molar-refractivity contribution < 1.29 is 0 Å². The summed E-state index contributed by atoms with van der Waals surface area (Å²) in [5.41, 5.74) is 4.98. The quantitative estimate of drug-likeness (QED) is 0.550. The van der Waals surface area contributed by atoms with E-state index in [0.29, 0.717) is 0 Å². The zero-order valence-corrected chi connectivity index (χ0v) is 14.7. The van der Waals surface area contributed by atoms with Crippen molar-refractivity contribution in [3.63, 3.8) is 0 Å². The second-order valence-electron chi connectivity index (χ2n) is 6.24. The van der Waals surface area contributed by atoms with Gasteiger partial charge in [0.1, 0.15) is 0 Å². The molecule has 1 atom stereocenters. The summed E-state index contributed by atoms with van der Waals surface area (Å²) in [7, 11) is 0. The van der Waals surface area contributed by atoms with E-state index in [9.17, 15) is 0 Å². The van der Waals surface area contributed by atoms with E-state index in [1.54, 1.807) is 0 Å². The first-order chi connectivity index (χ1) is 9.29. The van der Waals surface area contributed by atoms with Crippen LogP contribution in [0.3, 0.4) is 0 Å². The first kappa shape index (κ1) is 15.6. The number of benzene rings is 2. The van der Waals surface area contributed by atoms with Crippen LogP contribution in [0.25, 0.3) is 0 Å². The van der Waals surface area contributed by atoms with Crippen LogP contribution < -0.4 is 0 Å². The molecule has 0 aliphatic carbocycles. The molecule has 2 aromatic carbocycles. The van der Waals surface area contributed by atoms with Gasteiger partial charge in [0.05, 0.1) is 5.38 Å². The highest BCUT2D eigenvalue weighted by atomic mass is 79.9. The Balaban J connectivity index is 2.29. The maximum Gasteiger partial charge on any atom is 0.0835 e. The molecule has 0 aliphatic heterocycles. The molecule has 0 radical (unpaired) electrons. The van der Waals surface area contributed by atoms with E-state index >= 15 is 0 Å². The normalized spacial score (nSPS) is 13.3. The summed E-state index contributed by atoms with van der Waals surface area (Å²) in [6.07, 6.45) is 0. The van der Waals surface area contributed by atoms with Gasteiger partial charge in [0.25, 0.3) is 0 Å². The molecule has 0 saturated heterocycles. The van der Waals surface area contributed by atoms with Gasteiger partial charge in [0, 0.05) is 4.47 Å². The third-order valence-electron chi connectivity index (χ3n) is 3.56. The van der Waals surface area contributed by atoms with Gasteiger partial charge in [-0.05, 0) is 40.7 Å². The summed E-state index contributed by atoms with van der Waals surface area (Å²) in [6.45, 7) is 8.74. The molecule has 0 nitrogen and oxygen atoms in total. The van der Waals surface area contributed by atoms with Crippen LogP contribution in [0, 0.1) is 6.92 Å². The summed E-state index contributed by atoms with van der Waals surface area (Å²) >= 11 is 10.2. The lowest BCUT2D eigenvalue weighted by Crippen LogP contribution is -2.10. The number of halogens is 2. The standard InChI is InChI=1S/C18H20BrCl/c1-12-5-6-14(11-16(12)19)17(20)13-7-9-15(10-8-13)18(2,3)4/h5-11,17H,1-4H3. The average Bonchev–Trinajstić information content (AvgIpc) is 2.40. The Morgan fingerprint density at radius 2 is 1.50 bits per heavy atom. The number of alkyl halides is 1. The van der Waals surface area contributed by atoms with Crippen LogP contribution in [0.2, 0.25) is 0 Å². The second kappa shape index (κ2) is 5.91. The Kier molecular flexibility index (Phi) is 4.61. The topological polar surface area (TPSA) is 0 Å². The van der Waals surface area contributed by atoms with Gasteiger partial charge in [-0.1, -0.05) is 73.1 Å². The third-order valence-corrected chi connectivity index (χ3v) is 4.92. The summed E-state index contributed by atoms with van der Waals surface area (Å²) < 4.78 is 1.10. The van der Waals surface area contributed by atoms with E-state index in [1.807, 2.05) is 0 Å². The zero-order chi connectivity index (χ0) is 14.9. The van der Waals surface area contributed by atoms with Crippen LogP contribution in [0.15, 0.2) is 46.9 Å². The molecular weight excluding hydrogens is 332 g/mol. The van der Waals surface area contributed by atoms with Gasteiger partial charge in [-0.25, -0.2) is 0 Å². The van der Waals surface area contributed by atoms with E-state index in [-0.39, 0.29) is 10.8 Å². The third kappa shape index (κ3) is 3.45. The molecule has 0 heterocycles. The Hall–Kier alpha value is -0.790. The fourth-order valence-corrected chi connectivity index (χ4v) is 2.79. The molecule has 0 bridgehead atoms.